The summed E-state index contributed by atoms with van der Waals surface area (Å²) in [6.45, 7) is 3.87. The molecule has 0 aromatic carbocycles. The molecule has 3 heteroatoms. The van der Waals surface area contributed by atoms with Crippen LogP contribution in [0.1, 0.15) is 18.9 Å². The lowest BCUT2D eigenvalue weighted by atomic mass is 10.1. The van der Waals surface area contributed by atoms with Gasteiger partial charge in [-0.3, -0.25) is 0 Å². The minimum absolute atomic E-state index is 0.444. The Morgan fingerprint density at radius 3 is 3.00 bits per heavy atom. The quantitative estimate of drug-likeness (QED) is 0.724. The third-order valence-electron chi connectivity index (χ3n) is 2.22. The van der Waals surface area contributed by atoms with E-state index < -0.39 is 0 Å². The van der Waals surface area contributed by atoms with Gasteiger partial charge >= 0.3 is 0 Å². The van der Waals surface area contributed by atoms with Crippen molar-refractivity contribution in [3.63, 3.8) is 0 Å². The van der Waals surface area contributed by atoms with Crippen molar-refractivity contribution in [2.24, 2.45) is 0 Å². The second-order valence-electron chi connectivity index (χ2n) is 3.38. The molecule has 0 aliphatic rings. The van der Waals surface area contributed by atoms with Crippen molar-refractivity contribution in [2.45, 2.75) is 25.8 Å². The molecule has 3 nitrogen and oxygen atoms in total. The summed E-state index contributed by atoms with van der Waals surface area (Å²) in [5.74, 6) is 0. The Balaban J connectivity index is 2.25. The molecule has 0 radical (unpaired) electrons. The molecule has 14 heavy (non-hydrogen) atoms. The van der Waals surface area contributed by atoms with Gasteiger partial charge in [-0.1, -0.05) is 6.92 Å². The van der Waals surface area contributed by atoms with E-state index in [1.807, 2.05) is 6.07 Å². The van der Waals surface area contributed by atoms with Gasteiger partial charge in [-0.15, -0.1) is 0 Å². The predicted molar refractivity (Wildman–Crippen MR) is 56.4 cm³/mol. The fraction of sp³-hybridized carbons (Fsp3) is 0.636. The van der Waals surface area contributed by atoms with Gasteiger partial charge < -0.3 is 14.5 Å². The van der Waals surface area contributed by atoms with Crippen molar-refractivity contribution in [3.05, 3.63) is 24.2 Å². The van der Waals surface area contributed by atoms with Gasteiger partial charge in [0.05, 0.1) is 19.1 Å². The summed E-state index contributed by atoms with van der Waals surface area (Å²) in [4.78, 5) is 0. The number of hydrogen-bond donors (Lipinski definition) is 1. The first-order chi connectivity index (χ1) is 6.86. The Hall–Kier alpha value is -0.800. The van der Waals surface area contributed by atoms with Crippen LogP contribution in [0.5, 0.6) is 0 Å². The van der Waals surface area contributed by atoms with Crippen LogP contribution in [0.3, 0.4) is 0 Å². The molecule has 1 atom stereocenters. The van der Waals surface area contributed by atoms with Crippen LogP contribution in [-0.2, 0) is 11.2 Å². The van der Waals surface area contributed by atoms with Gasteiger partial charge in [0, 0.05) is 13.2 Å². The maximum absolute atomic E-state index is 5.14. The first-order valence-electron chi connectivity index (χ1n) is 5.10. The van der Waals surface area contributed by atoms with Crippen molar-refractivity contribution in [3.8, 4) is 0 Å². The zero-order chi connectivity index (χ0) is 10.2. The van der Waals surface area contributed by atoms with Crippen molar-refractivity contribution in [2.75, 3.05) is 20.3 Å². The SMILES string of the molecule is CCNC(CCc1ccoc1)COC. The van der Waals surface area contributed by atoms with Gasteiger partial charge in [-0.2, -0.15) is 0 Å². The minimum Gasteiger partial charge on any atom is -0.472 e. The van der Waals surface area contributed by atoms with E-state index in [0.717, 1.165) is 26.0 Å². The predicted octanol–water partition coefficient (Wildman–Crippen LogP) is 1.84. The molecule has 0 spiro atoms. The largest absolute Gasteiger partial charge is 0.472 e. The summed E-state index contributed by atoms with van der Waals surface area (Å²) in [6, 6.07) is 2.45. The summed E-state index contributed by atoms with van der Waals surface area (Å²) >= 11 is 0. The molecule has 0 saturated heterocycles. The van der Waals surface area contributed by atoms with Gasteiger partial charge in [-0.25, -0.2) is 0 Å². The molecule has 1 rings (SSSR count). The van der Waals surface area contributed by atoms with E-state index in [0.29, 0.717) is 6.04 Å². The molecule has 0 aliphatic heterocycles. The van der Waals surface area contributed by atoms with Crippen molar-refractivity contribution >= 4 is 0 Å². The van der Waals surface area contributed by atoms with Crippen LogP contribution < -0.4 is 5.32 Å². The Morgan fingerprint density at radius 1 is 1.57 bits per heavy atom. The highest BCUT2D eigenvalue weighted by Crippen LogP contribution is 2.06. The lowest BCUT2D eigenvalue weighted by Crippen LogP contribution is -2.33. The summed E-state index contributed by atoms with van der Waals surface area (Å²) in [6.07, 6.45) is 5.64. The van der Waals surface area contributed by atoms with E-state index >= 15 is 0 Å². The average Bonchev–Trinajstić information content (AvgIpc) is 2.67. The summed E-state index contributed by atoms with van der Waals surface area (Å²) in [5.41, 5.74) is 1.25. The number of likely N-dealkylation sites (N-methyl/N-ethyl adjacent to an activating group) is 1. The molecule has 0 bridgehead atoms. The molecule has 0 aliphatic carbocycles. The lowest BCUT2D eigenvalue weighted by molar-refractivity contribution is 0.163. The number of nitrogens with one attached hydrogen (secondary N) is 1. The molecule has 80 valence electrons. The topological polar surface area (TPSA) is 34.4 Å². The molecule has 1 aromatic heterocycles. The third-order valence-corrected chi connectivity index (χ3v) is 2.22. The summed E-state index contributed by atoms with van der Waals surface area (Å²) in [5, 5.41) is 3.39. The fourth-order valence-electron chi connectivity index (χ4n) is 1.51. The Bertz CT molecular complexity index is 215. The normalized spacial score (nSPS) is 13.0. The first-order valence-corrected chi connectivity index (χ1v) is 5.10. The second kappa shape index (κ2) is 6.62. The number of rotatable bonds is 7. The van der Waals surface area contributed by atoms with Gasteiger partial charge in [0.25, 0.3) is 0 Å². The Labute approximate surface area is 85.4 Å². The smallest absolute Gasteiger partial charge is 0.0934 e. The number of furan rings is 1. The molecule has 1 aromatic rings. The van der Waals surface area contributed by atoms with Crippen molar-refractivity contribution in [1.29, 1.82) is 0 Å². The van der Waals surface area contributed by atoms with E-state index in [4.69, 9.17) is 9.15 Å². The van der Waals surface area contributed by atoms with E-state index in [-0.39, 0.29) is 0 Å². The molecular formula is C11H19NO2. The maximum atomic E-state index is 5.14. The number of aryl methyl sites for hydroxylation is 1. The van der Waals surface area contributed by atoms with E-state index in [9.17, 15) is 0 Å². The van der Waals surface area contributed by atoms with Crippen LogP contribution in [0, 0.1) is 0 Å². The highest BCUT2D eigenvalue weighted by Gasteiger charge is 2.06. The molecule has 1 heterocycles. The maximum Gasteiger partial charge on any atom is 0.0934 e. The summed E-state index contributed by atoms with van der Waals surface area (Å²) in [7, 11) is 1.74. The van der Waals surface area contributed by atoms with Crippen LogP contribution >= 0.6 is 0 Å². The summed E-state index contributed by atoms with van der Waals surface area (Å²) < 4.78 is 10.2. The minimum atomic E-state index is 0.444. The molecule has 0 saturated carbocycles. The van der Waals surface area contributed by atoms with E-state index in [2.05, 4.69) is 12.2 Å². The van der Waals surface area contributed by atoms with E-state index in [1.165, 1.54) is 5.56 Å². The van der Waals surface area contributed by atoms with E-state index in [1.54, 1.807) is 19.6 Å². The standard InChI is InChI=1S/C11H19NO2/c1-3-12-11(9-13-2)5-4-10-6-7-14-8-10/h6-8,11-12H,3-5,9H2,1-2H3. The van der Waals surface area contributed by atoms with Gasteiger partial charge in [0.1, 0.15) is 0 Å². The van der Waals surface area contributed by atoms with Crippen LogP contribution in [0.2, 0.25) is 0 Å². The first kappa shape index (κ1) is 11.3. The van der Waals surface area contributed by atoms with Crippen LogP contribution in [-0.4, -0.2) is 26.3 Å². The number of ether oxygens (including phenoxy) is 1. The molecule has 1 N–H and O–H groups in total. The molecule has 0 amide bonds. The molecular weight excluding hydrogens is 178 g/mol. The molecule has 1 unspecified atom stereocenters. The fourth-order valence-corrected chi connectivity index (χ4v) is 1.51. The van der Waals surface area contributed by atoms with Gasteiger partial charge in [-0.05, 0) is 31.0 Å². The third kappa shape index (κ3) is 3.94. The number of methoxy groups -OCH3 is 1. The van der Waals surface area contributed by atoms with Crippen molar-refractivity contribution in [1.82, 2.24) is 5.32 Å². The highest BCUT2D eigenvalue weighted by molar-refractivity contribution is 5.05. The van der Waals surface area contributed by atoms with Gasteiger partial charge in [0.15, 0.2) is 0 Å². The average molecular weight is 197 g/mol. The Morgan fingerprint density at radius 2 is 2.43 bits per heavy atom. The number of hydrogen-bond acceptors (Lipinski definition) is 3. The second-order valence-corrected chi connectivity index (χ2v) is 3.38. The lowest BCUT2D eigenvalue weighted by Gasteiger charge is -2.15. The van der Waals surface area contributed by atoms with Crippen LogP contribution in [0.15, 0.2) is 23.0 Å². The van der Waals surface area contributed by atoms with Crippen LogP contribution in [0.25, 0.3) is 0 Å². The van der Waals surface area contributed by atoms with Gasteiger partial charge in [0.2, 0.25) is 0 Å². The van der Waals surface area contributed by atoms with Crippen molar-refractivity contribution < 1.29 is 9.15 Å². The Kier molecular flexibility index (Phi) is 5.33. The van der Waals surface area contributed by atoms with Crippen LogP contribution in [0.4, 0.5) is 0 Å². The highest BCUT2D eigenvalue weighted by atomic mass is 16.5. The monoisotopic (exact) mass is 197 g/mol. The zero-order valence-corrected chi connectivity index (χ0v) is 8.95. The zero-order valence-electron chi connectivity index (χ0n) is 8.95. The molecule has 0 fully saturated rings.